The highest BCUT2D eigenvalue weighted by molar-refractivity contribution is 5.89. The lowest BCUT2D eigenvalue weighted by molar-refractivity contribution is -0.241. The van der Waals surface area contributed by atoms with Crippen molar-refractivity contribution in [1.82, 2.24) is 0 Å². The maximum Gasteiger partial charge on any atom is 0.373 e. The van der Waals surface area contributed by atoms with Crippen molar-refractivity contribution < 1.29 is 19.3 Å². The van der Waals surface area contributed by atoms with Crippen molar-refractivity contribution in [3.8, 4) is 5.75 Å². The fourth-order valence-electron chi connectivity index (χ4n) is 1.20. The minimum absolute atomic E-state index is 0.430. The predicted octanol–water partition coefficient (Wildman–Crippen LogP) is 2.97. The SMILES string of the molecule is CCCCOOC(=O)c1ccc(OCC)cc1. The summed E-state index contributed by atoms with van der Waals surface area (Å²) >= 11 is 0. The van der Waals surface area contributed by atoms with E-state index >= 15 is 0 Å². The zero-order chi connectivity index (χ0) is 12.5. The summed E-state index contributed by atoms with van der Waals surface area (Å²) in [6.45, 7) is 4.98. The Bertz CT molecular complexity index is 332. The molecule has 0 atom stereocenters. The second kappa shape index (κ2) is 7.68. The molecule has 94 valence electrons. The number of ether oxygens (including phenoxy) is 1. The molecule has 4 heteroatoms. The van der Waals surface area contributed by atoms with Crippen LogP contribution in [-0.4, -0.2) is 19.2 Å². The minimum atomic E-state index is -0.482. The average Bonchev–Trinajstić information content (AvgIpc) is 2.36. The van der Waals surface area contributed by atoms with E-state index in [2.05, 4.69) is 4.89 Å². The molecule has 0 radical (unpaired) electrons. The molecular weight excluding hydrogens is 220 g/mol. The first kappa shape index (κ1) is 13.5. The van der Waals surface area contributed by atoms with Crippen molar-refractivity contribution in [2.75, 3.05) is 13.2 Å². The van der Waals surface area contributed by atoms with Gasteiger partial charge in [-0.05, 0) is 37.6 Å². The molecule has 0 aliphatic rings. The number of hydrogen-bond acceptors (Lipinski definition) is 4. The Labute approximate surface area is 101 Å². The summed E-state index contributed by atoms with van der Waals surface area (Å²) in [6, 6.07) is 6.76. The monoisotopic (exact) mass is 238 g/mol. The number of unbranched alkanes of at least 4 members (excludes halogenated alkanes) is 1. The van der Waals surface area contributed by atoms with Crippen LogP contribution in [0.1, 0.15) is 37.0 Å². The standard InChI is InChI=1S/C13H18O4/c1-3-5-10-16-17-13(14)11-6-8-12(9-7-11)15-4-2/h6-9H,3-5,10H2,1-2H3. The van der Waals surface area contributed by atoms with Crippen LogP contribution in [0.25, 0.3) is 0 Å². The Balaban J connectivity index is 2.40. The van der Waals surface area contributed by atoms with Gasteiger partial charge in [-0.3, -0.25) is 4.89 Å². The summed E-state index contributed by atoms with van der Waals surface area (Å²) in [5.41, 5.74) is 0.449. The summed E-state index contributed by atoms with van der Waals surface area (Å²) in [7, 11) is 0. The molecule has 0 unspecified atom stereocenters. The molecule has 0 fully saturated rings. The van der Waals surface area contributed by atoms with Gasteiger partial charge in [0.05, 0.1) is 18.8 Å². The van der Waals surface area contributed by atoms with Gasteiger partial charge in [0.15, 0.2) is 0 Å². The number of benzene rings is 1. The van der Waals surface area contributed by atoms with Crippen molar-refractivity contribution in [2.45, 2.75) is 26.7 Å². The van der Waals surface area contributed by atoms with E-state index in [-0.39, 0.29) is 0 Å². The largest absolute Gasteiger partial charge is 0.494 e. The molecule has 1 rings (SSSR count). The molecule has 4 nitrogen and oxygen atoms in total. The molecule has 0 heterocycles. The van der Waals surface area contributed by atoms with Gasteiger partial charge in [-0.2, -0.15) is 4.89 Å². The number of carbonyl (C=O) groups is 1. The van der Waals surface area contributed by atoms with Crippen molar-refractivity contribution in [1.29, 1.82) is 0 Å². The molecule has 1 aromatic rings. The first-order valence-electron chi connectivity index (χ1n) is 5.84. The molecular formula is C13H18O4. The molecule has 0 aromatic heterocycles. The van der Waals surface area contributed by atoms with Crippen molar-refractivity contribution >= 4 is 5.97 Å². The van der Waals surface area contributed by atoms with E-state index in [0.29, 0.717) is 18.8 Å². The first-order valence-corrected chi connectivity index (χ1v) is 5.84. The average molecular weight is 238 g/mol. The first-order chi connectivity index (χ1) is 8.27. The van der Waals surface area contributed by atoms with Crippen molar-refractivity contribution in [3.63, 3.8) is 0 Å². The van der Waals surface area contributed by atoms with Gasteiger partial charge in [0.25, 0.3) is 0 Å². The third-order valence-electron chi connectivity index (χ3n) is 2.12. The summed E-state index contributed by atoms with van der Waals surface area (Å²) < 4.78 is 5.27. The van der Waals surface area contributed by atoms with Crippen LogP contribution in [0.5, 0.6) is 5.75 Å². The third-order valence-corrected chi connectivity index (χ3v) is 2.12. The lowest BCUT2D eigenvalue weighted by atomic mass is 10.2. The normalized spacial score (nSPS) is 10.0. The third kappa shape index (κ3) is 4.87. The second-order valence-corrected chi connectivity index (χ2v) is 3.50. The molecule has 17 heavy (non-hydrogen) atoms. The number of hydrogen-bond donors (Lipinski definition) is 0. The lowest BCUT2D eigenvalue weighted by Gasteiger charge is -2.05. The van der Waals surface area contributed by atoms with Crippen LogP contribution < -0.4 is 4.74 Å². The van der Waals surface area contributed by atoms with E-state index in [1.54, 1.807) is 24.3 Å². The van der Waals surface area contributed by atoms with E-state index in [9.17, 15) is 4.79 Å². The van der Waals surface area contributed by atoms with Crippen LogP contribution in [0.4, 0.5) is 0 Å². The summed E-state index contributed by atoms with van der Waals surface area (Å²) in [5.74, 6) is 0.250. The predicted molar refractivity (Wildman–Crippen MR) is 63.9 cm³/mol. The molecule has 0 saturated heterocycles. The Morgan fingerprint density at radius 3 is 2.47 bits per heavy atom. The lowest BCUT2D eigenvalue weighted by Crippen LogP contribution is -2.06. The molecule has 0 bridgehead atoms. The van der Waals surface area contributed by atoms with Crippen LogP contribution >= 0.6 is 0 Å². The Morgan fingerprint density at radius 2 is 1.88 bits per heavy atom. The fourth-order valence-corrected chi connectivity index (χ4v) is 1.20. The summed E-state index contributed by atoms with van der Waals surface area (Å²) in [4.78, 5) is 20.9. The summed E-state index contributed by atoms with van der Waals surface area (Å²) in [5, 5.41) is 0. The zero-order valence-electron chi connectivity index (χ0n) is 10.3. The van der Waals surface area contributed by atoms with E-state index in [1.165, 1.54) is 0 Å². The van der Waals surface area contributed by atoms with Crippen LogP contribution in [0.15, 0.2) is 24.3 Å². The summed E-state index contributed by atoms with van der Waals surface area (Å²) in [6.07, 6.45) is 1.87. The molecule has 0 saturated carbocycles. The number of carbonyl (C=O) groups excluding carboxylic acids is 1. The Hall–Kier alpha value is -1.55. The van der Waals surface area contributed by atoms with Gasteiger partial charge in [0.1, 0.15) is 5.75 Å². The minimum Gasteiger partial charge on any atom is -0.494 e. The van der Waals surface area contributed by atoms with Gasteiger partial charge >= 0.3 is 5.97 Å². The molecule has 0 spiro atoms. The molecule has 0 amide bonds. The highest BCUT2D eigenvalue weighted by Gasteiger charge is 2.07. The Morgan fingerprint density at radius 1 is 1.18 bits per heavy atom. The van der Waals surface area contributed by atoms with Gasteiger partial charge in [-0.15, -0.1) is 0 Å². The fraction of sp³-hybridized carbons (Fsp3) is 0.462. The van der Waals surface area contributed by atoms with E-state index < -0.39 is 5.97 Å². The molecule has 1 aromatic carbocycles. The quantitative estimate of drug-likeness (QED) is 0.416. The van der Waals surface area contributed by atoms with E-state index in [1.807, 2.05) is 13.8 Å². The van der Waals surface area contributed by atoms with Crippen molar-refractivity contribution in [3.05, 3.63) is 29.8 Å². The van der Waals surface area contributed by atoms with Gasteiger partial charge in [-0.1, -0.05) is 13.3 Å². The Kier molecular flexibility index (Phi) is 6.10. The van der Waals surface area contributed by atoms with E-state index in [4.69, 9.17) is 9.62 Å². The highest BCUT2D eigenvalue weighted by atomic mass is 17.2. The van der Waals surface area contributed by atoms with Gasteiger partial charge in [-0.25, -0.2) is 4.79 Å². The zero-order valence-corrected chi connectivity index (χ0v) is 10.3. The molecule has 0 N–H and O–H groups in total. The van der Waals surface area contributed by atoms with Crippen LogP contribution in [0.2, 0.25) is 0 Å². The highest BCUT2D eigenvalue weighted by Crippen LogP contribution is 2.12. The van der Waals surface area contributed by atoms with Crippen LogP contribution in [0, 0.1) is 0 Å². The van der Waals surface area contributed by atoms with Gasteiger partial charge < -0.3 is 4.74 Å². The smallest absolute Gasteiger partial charge is 0.373 e. The van der Waals surface area contributed by atoms with Gasteiger partial charge in [0, 0.05) is 0 Å². The maximum atomic E-state index is 11.5. The van der Waals surface area contributed by atoms with E-state index in [0.717, 1.165) is 18.6 Å². The van der Waals surface area contributed by atoms with Crippen molar-refractivity contribution in [2.24, 2.45) is 0 Å². The van der Waals surface area contributed by atoms with Crippen LogP contribution in [0.3, 0.4) is 0 Å². The number of rotatable bonds is 7. The molecule has 0 aliphatic carbocycles. The molecule has 0 aliphatic heterocycles. The topological polar surface area (TPSA) is 44.8 Å². The van der Waals surface area contributed by atoms with Crippen LogP contribution in [-0.2, 0) is 9.78 Å². The maximum absolute atomic E-state index is 11.5. The second-order valence-electron chi connectivity index (χ2n) is 3.50. The van der Waals surface area contributed by atoms with Gasteiger partial charge in [0.2, 0.25) is 0 Å².